The summed E-state index contributed by atoms with van der Waals surface area (Å²) in [7, 11) is 0. The Bertz CT molecular complexity index is 431. The lowest BCUT2D eigenvalue weighted by Gasteiger charge is -2.20. The summed E-state index contributed by atoms with van der Waals surface area (Å²) in [5.41, 5.74) is 1.89. The highest BCUT2D eigenvalue weighted by Gasteiger charge is 2.19. The van der Waals surface area contributed by atoms with Gasteiger partial charge in [0.1, 0.15) is 5.78 Å². The van der Waals surface area contributed by atoms with Crippen LogP contribution in [-0.4, -0.2) is 5.78 Å². The van der Waals surface area contributed by atoms with Gasteiger partial charge in [-0.25, -0.2) is 0 Å². The molecule has 1 fully saturated rings. The van der Waals surface area contributed by atoms with Crippen molar-refractivity contribution in [2.75, 3.05) is 0 Å². The van der Waals surface area contributed by atoms with E-state index in [1.165, 1.54) is 5.56 Å². The highest BCUT2D eigenvalue weighted by molar-refractivity contribution is 5.79. The third kappa shape index (κ3) is 2.70. The summed E-state index contributed by atoms with van der Waals surface area (Å²) < 4.78 is 0. The van der Waals surface area contributed by atoms with Crippen LogP contribution in [-0.2, 0) is 11.2 Å². The first-order valence-electron chi connectivity index (χ1n) is 5.78. The Morgan fingerprint density at radius 2 is 2.31 bits per heavy atom. The van der Waals surface area contributed by atoms with E-state index in [1.807, 2.05) is 24.3 Å². The lowest BCUT2D eigenvalue weighted by molar-refractivity contribution is -0.121. The van der Waals surface area contributed by atoms with Gasteiger partial charge in [-0.15, -0.1) is 0 Å². The minimum absolute atomic E-state index is 0.396. The zero-order valence-corrected chi connectivity index (χ0v) is 9.28. The maximum Gasteiger partial charge on any atom is 0.133 e. The van der Waals surface area contributed by atoms with Crippen LogP contribution in [0.2, 0.25) is 0 Å². The molecule has 2 rings (SSSR count). The Kier molecular flexibility index (Phi) is 3.36. The van der Waals surface area contributed by atoms with Crippen LogP contribution in [0.15, 0.2) is 24.3 Å². The Balaban J connectivity index is 2.03. The molecular formula is C14H15NO. The van der Waals surface area contributed by atoms with Gasteiger partial charge in [0.15, 0.2) is 0 Å². The first-order chi connectivity index (χ1) is 7.78. The summed E-state index contributed by atoms with van der Waals surface area (Å²) in [5, 5.41) is 8.81. The highest BCUT2D eigenvalue weighted by Crippen LogP contribution is 2.25. The molecular weight excluding hydrogens is 198 g/mol. The molecule has 1 aliphatic carbocycles. The van der Waals surface area contributed by atoms with Crippen LogP contribution >= 0.6 is 0 Å². The van der Waals surface area contributed by atoms with Gasteiger partial charge in [-0.3, -0.25) is 4.79 Å². The minimum Gasteiger partial charge on any atom is -0.300 e. The second-order valence-electron chi connectivity index (χ2n) is 4.52. The predicted octanol–water partition coefficient (Wildman–Crippen LogP) is 2.86. The molecule has 0 amide bonds. The topological polar surface area (TPSA) is 40.9 Å². The van der Waals surface area contributed by atoms with Gasteiger partial charge < -0.3 is 0 Å². The van der Waals surface area contributed by atoms with Crippen molar-refractivity contribution in [3.63, 3.8) is 0 Å². The molecule has 1 unspecified atom stereocenters. The molecule has 0 radical (unpaired) electrons. The zero-order valence-electron chi connectivity index (χ0n) is 9.28. The van der Waals surface area contributed by atoms with Crippen molar-refractivity contribution in [2.45, 2.75) is 32.1 Å². The molecule has 1 aliphatic rings. The van der Waals surface area contributed by atoms with E-state index in [0.29, 0.717) is 17.3 Å². The highest BCUT2D eigenvalue weighted by atomic mass is 16.1. The summed E-state index contributed by atoms with van der Waals surface area (Å²) in [6, 6.07) is 9.85. The van der Waals surface area contributed by atoms with Crippen molar-refractivity contribution in [2.24, 2.45) is 5.92 Å². The fraction of sp³-hybridized carbons (Fsp3) is 0.429. The molecule has 0 N–H and O–H groups in total. The van der Waals surface area contributed by atoms with Crippen LogP contribution in [0.3, 0.4) is 0 Å². The average molecular weight is 213 g/mol. The fourth-order valence-electron chi connectivity index (χ4n) is 2.39. The average Bonchev–Trinajstić information content (AvgIpc) is 2.29. The maximum atomic E-state index is 11.3. The number of carbonyl (C=O) groups excluding carboxylic acids is 1. The molecule has 82 valence electrons. The monoisotopic (exact) mass is 213 g/mol. The van der Waals surface area contributed by atoms with Crippen LogP contribution in [0, 0.1) is 17.2 Å². The summed E-state index contributed by atoms with van der Waals surface area (Å²) in [6.45, 7) is 0. The van der Waals surface area contributed by atoms with Gasteiger partial charge in [0.05, 0.1) is 11.6 Å². The first kappa shape index (κ1) is 10.9. The van der Waals surface area contributed by atoms with E-state index in [0.717, 1.165) is 32.1 Å². The smallest absolute Gasteiger partial charge is 0.133 e. The molecule has 1 aromatic rings. The quantitative estimate of drug-likeness (QED) is 0.758. The van der Waals surface area contributed by atoms with Crippen LogP contribution in [0.1, 0.15) is 36.8 Å². The molecule has 0 aromatic heterocycles. The van der Waals surface area contributed by atoms with Gasteiger partial charge in [-0.05, 0) is 42.9 Å². The zero-order chi connectivity index (χ0) is 11.4. The molecule has 2 nitrogen and oxygen atoms in total. The Morgan fingerprint density at radius 3 is 3.06 bits per heavy atom. The van der Waals surface area contributed by atoms with E-state index in [4.69, 9.17) is 5.26 Å². The lowest BCUT2D eigenvalue weighted by Crippen LogP contribution is -2.16. The number of Topliss-reactive ketones (excluding diaryl/α,β-unsaturated/α-hetero) is 1. The Hall–Kier alpha value is -1.62. The standard InChI is InChI=1S/C14H15NO/c15-10-13-5-1-3-11(8-13)7-12-4-2-6-14(16)9-12/h1,3,5,8,12H,2,4,6-7,9H2. The summed E-state index contributed by atoms with van der Waals surface area (Å²) in [4.78, 5) is 11.3. The second-order valence-corrected chi connectivity index (χ2v) is 4.52. The SMILES string of the molecule is N#Cc1cccc(CC2CCCC(=O)C2)c1. The van der Waals surface area contributed by atoms with E-state index in [-0.39, 0.29) is 0 Å². The Labute approximate surface area is 95.9 Å². The van der Waals surface area contributed by atoms with Crippen LogP contribution in [0.5, 0.6) is 0 Å². The van der Waals surface area contributed by atoms with Crippen molar-refractivity contribution in [3.05, 3.63) is 35.4 Å². The summed E-state index contributed by atoms with van der Waals surface area (Å²) >= 11 is 0. The molecule has 0 spiro atoms. The minimum atomic E-state index is 0.396. The van der Waals surface area contributed by atoms with Crippen LogP contribution < -0.4 is 0 Å². The number of hydrogen-bond donors (Lipinski definition) is 0. The van der Waals surface area contributed by atoms with Crippen molar-refractivity contribution < 1.29 is 4.79 Å². The lowest BCUT2D eigenvalue weighted by atomic mass is 9.84. The van der Waals surface area contributed by atoms with Gasteiger partial charge in [0.25, 0.3) is 0 Å². The number of nitriles is 1. The number of ketones is 1. The van der Waals surface area contributed by atoms with Crippen LogP contribution in [0.25, 0.3) is 0 Å². The Morgan fingerprint density at radius 1 is 1.44 bits per heavy atom. The van der Waals surface area contributed by atoms with Gasteiger partial charge in [-0.2, -0.15) is 5.26 Å². The predicted molar refractivity (Wildman–Crippen MR) is 61.8 cm³/mol. The molecule has 0 heterocycles. The van der Waals surface area contributed by atoms with E-state index in [9.17, 15) is 4.79 Å². The van der Waals surface area contributed by atoms with Gasteiger partial charge in [0, 0.05) is 12.8 Å². The van der Waals surface area contributed by atoms with E-state index in [2.05, 4.69) is 6.07 Å². The molecule has 0 saturated heterocycles. The number of rotatable bonds is 2. The largest absolute Gasteiger partial charge is 0.300 e. The van der Waals surface area contributed by atoms with E-state index in [1.54, 1.807) is 0 Å². The summed E-state index contributed by atoms with van der Waals surface area (Å²) in [6.07, 6.45) is 4.58. The van der Waals surface area contributed by atoms with Gasteiger partial charge >= 0.3 is 0 Å². The van der Waals surface area contributed by atoms with Crippen molar-refractivity contribution in [3.8, 4) is 6.07 Å². The maximum absolute atomic E-state index is 11.3. The molecule has 1 atom stereocenters. The second kappa shape index (κ2) is 4.94. The molecule has 2 heteroatoms. The third-order valence-corrected chi connectivity index (χ3v) is 3.16. The summed E-state index contributed by atoms with van der Waals surface area (Å²) in [5.74, 6) is 0.878. The normalized spacial score (nSPS) is 20.4. The fourth-order valence-corrected chi connectivity index (χ4v) is 2.39. The molecule has 16 heavy (non-hydrogen) atoms. The number of nitrogens with zero attached hydrogens (tertiary/aromatic N) is 1. The van der Waals surface area contributed by atoms with Crippen molar-refractivity contribution >= 4 is 5.78 Å². The van der Waals surface area contributed by atoms with Gasteiger partial charge in [0.2, 0.25) is 0 Å². The van der Waals surface area contributed by atoms with E-state index < -0.39 is 0 Å². The molecule has 0 aliphatic heterocycles. The third-order valence-electron chi connectivity index (χ3n) is 3.16. The molecule has 1 aromatic carbocycles. The molecule has 0 bridgehead atoms. The number of benzene rings is 1. The molecule has 1 saturated carbocycles. The van der Waals surface area contributed by atoms with Crippen LogP contribution in [0.4, 0.5) is 0 Å². The number of carbonyl (C=O) groups is 1. The van der Waals surface area contributed by atoms with E-state index >= 15 is 0 Å². The van der Waals surface area contributed by atoms with Crippen molar-refractivity contribution in [1.82, 2.24) is 0 Å². The first-order valence-corrected chi connectivity index (χ1v) is 5.78. The van der Waals surface area contributed by atoms with Crippen molar-refractivity contribution in [1.29, 1.82) is 5.26 Å². The number of hydrogen-bond acceptors (Lipinski definition) is 2. The van der Waals surface area contributed by atoms with Gasteiger partial charge in [-0.1, -0.05) is 12.1 Å².